The van der Waals surface area contributed by atoms with Crippen molar-refractivity contribution in [1.29, 1.82) is 0 Å². The van der Waals surface area contributed by atoms with Crippen molar-refractivity contribution in [3.63, 3.8) is 0 Å². The monoisotopic (exact) mass is 368 g/mol. The first-order valence-corrected chi connectivity index (χ1v) is 8.32. The molecule has 1 N–H and O–H groups in total. The van der Waals surface area contributed by atoms with Crippen LogP contribution in [0.3, 0.4) is 0 Å². The number of hydrogen-bond donors (Lipinski definition) is 1. The predicted octanol–water partition coefficient (Wildman–Crippen LogP) is 2.88. The fraction of sp³-hybridized carbons (Fsp3) is 0.150. The van der Waals surface area contributed by atoms with Crippen molar-refractivity contribution < 1.29 is 23.1 Å². The van der Waals surface area contributed by atoms with E-state index in [1.807, 2.05) is 12.1 Å². The molecule has 0 saturated carbocycles. The molecule has 0 aliphatic carbocycles. The first-order chi connectivity index (χ1) is 13.1. The number of hydrogen-bond acceptors (Lipinski definition) is 5. The summed E-state index contributed by atoms with van der Waals surface area (Å²) < 4.78 is 23.7. The van der Waals surface area contributed by atoms with Crippen molar-refractivity contribution in [2.75, 3.05) is 13.2 Å². The van der Waals surface area contributed by atoms with Gasteiger partial charge in [-0.3, -0.25) is 4.79 Å². The highest BCUT2D eigenvalue weighted by Gasteiger charge is 2.07. The van der Waals surface area contributed by atoms with E-state index < -0.39 is 18.5 Å². The van der Waals surface area contributed by atoms with E-state index in [0.29, 0.717) is 23.1 Å². The first-order valence-electron chi connectivity index (χ1n) is 8.32. The Morgan fingerprint density at radius 3 is 2.74 bits per heavy atom. The van der Waals surface area contributed by atoms with Crippen LogP contribution in [0.2, 0.25) is 0 Å². The number of halogens is 1. The van der Waals surface area contributed by atoms with Gasteiger partial charge in [0.25, 0.3) is 5.91 Å². The normalized spacial score (nSPS) is 11.0. The largest absolute Gasteiger partial charge is 0.452 e. The second-order valence-electron chi connectivity index (χ2n) is 5.65. The second-order valence-corrected chi connectivity index (χ2v) is 5.65. The van der Waals surface area contributed by atoms with E-state index in [2.05, 4.69) is 10.3 Å². The molecule has 6 nitrogen and oxygen atoms in total. The standard InChI is InChI=1S/C20H17FN2O4/c21-15-6-2-1-5-14(15)11-12-22-18(24)13-26-20(25)10-9-19-23-16-7-3-4-8-17(16)27-19/h1-10H,11-13H2,(H,22,24)/b10-9+. The van der Waals surface area contributed by atoms with Crippen molar-refractivity contribution >= 4 is 29.1 Å². The van der Waals surface area contributed by atoms with Crippen LogP contribution in [0.15, 0.2) is 59.0 Å². The van der Waals surface area contributed by atoms with E-state index in [1.54, 1.807) is 30.3 Å². The zero-order valence-electron chi connectivity index (χ0n) is 14.4. The number of aromatic nitrogens is 1. The second kappa shape index (κ2) is 8.75. The molecule has 0 atom stereocenters. The van der Waals surface area contributed by atoms with Crippen molar-refractivity contribution in [2.24, 2.45) is 0 Å². The van der Waals surface area contributed by atoms with Gasteiger partial charge in [0.15, 0.2) is 12.2 Å². The third-order valence-corrected chi connectivity index (χ3v) is 3.69. The maximum atomic E-state index is 13.5. The molecular weight excluding hydrogens is 351 g/mol. The molecule has 0 saturated heterocycles. The van der Waals surface area contributed by atoms with Crippen molar-refractivity contribution in [2.45, 2.75) is 6.42 Å². The van der Waals surface area contributed by atoms with E-state index in [9.17, 15) is 14.0 Å². The van der Waals surface area contributed by atoms with Gasteiger partial charge in [0, 0.05) is 18.7 Å². The van der Waals surface area contributed by atoms with Crippen LogP contribution >= 0.6 is 0 Å². The minimum Gasteiger partial charge on any atom is -0.452 e. The third kappa shape index (κ3) is 5.24. The molecule has 0 bridgehead atoms. The number of carbonyl (C=O) groups is 2. The van der Waals surface area contributed by atoms with E-state index >= 15 is 0 Å². The van der Waals surface area contributed by atoms with Gasteiger partial charge in [0.2, 0.25) is 5.89 Å². The third-order valence-electron chi connectivity index (χ3n) is 3.69. The lowest BCUT2D eigenvalue weighted by molar-refractivity contribution is -0.143. The van der Waals surface area contributed by atoms with E-state index in [1.165, 1.54) is 12.1 Å². The Bertz CT molecular complexity index is 948. The molecular formula is C20H17FN2O4. The van der Waals surface area contributed by atoms with E-state index in [-0.39, 0.29) is 18.3 Å². The van der Waals surface area contributed by atoms with Crippen molar-refractivity contribution in [1.82, 2.24) is 10.3 Å². The topological polar surface area (TPSA) is 81.4 Å². The van der Waals surface area contributed by atoms with Crippen LogP contribution in [0.4, 0.5) is 4.39 Å². The van der Waals surface area contributed by atoms with Crippen LogP contribution in [-0.2, 0) is 20.7 Å². The average Bonchev–Trinajstić information content (AvgIpc) is 3.09. The number of oxazole rings is 1. The number of esters is 1. The number of carbonyl (C=O) groups excluding carboxylic acids is 2. The smallest absolute Gasteiger partial charge is 0.331 e. The lowest BCUT2D eigenvalue weighted by Gasteiger charge is -2.06. The quantitative estimate of drug-likeness (QED) is 0.512. The molecule has 0 spiro atoms. The van der Waals surface area contributed by atoms with Gasteiger partial charge in [-0.05, 0) is 30.2 Å². The maximum Gasteiger partial charge on any atom is 0.331 e. The predicted molar refractivity (Wildman–Crippen MR) is 97.1 cm³/mol. The number of rotatable bonds is 7. The highest BCUT2D eigenvalue weighted by atomic mass is 19.1. The molecule has 27 heavy (non-hydrogen) atoms. The summed E-state index contributed by atoms with van der Waals surface area (Å²) in [6.45, 7) is -0.177. The minimum absolute atomic E-state index is 0.246. The number of fused-ring (bicyclic) bond motifs is 1. The molecule has 1 amide bonds. The number of nitrogens with one attached hydrogen (secondary N) is 1. The van der Waals surface area contributed by atoms with Gasteiger partial charge in [-0.1, -0.05) is 30.3 Å². The van der Waals surface area contributed by atoms with Gasteiger partial charge in [-0.2, -0.15) is 0 Å². The van der Waals surface area contributed by atoms with Gasteiger partial charge in [-0.25, -0.2) is 14.2 Å². The summed E-state index contributed by atoms with van der Waals surface area (Å²) in [5, 5.41) is 2.57. The molecule has 0 fully saturated rings. The first kappa shape index (κ1) is 18.3. The molecule has 0 unspecified atom stereocenters. The van der Waals surface area contributed by atoms with Crippen LogP contribution in [-0.4, -0.2) is 30.0 Å². The number of ether oxygens (including phenoxy) is 1. The average molecular weight is 368 g/mol. The molecule has 0 aliphatic rings. The summed E-state index contributed by atoms with van der Waals surface area (Å²) in [6.07, 6.45) is 2.86. The summed E-state index contributed by atoms with van der Waals surface area (Å²) in [4.78, 5) is 27.5. The van der Waals surface area contributed by atoms with Crippen LogP contribution in [0, 0.1) is 5.82 Å². The highest BCUT2D eigenvalue weighted by Crippen LogP contribution is 2.15. The van der Waals surface area contributed by atoms with Crippen molar-refractivity contribution in [3.8, 4) is 0 Å². The molecule has 2 aromatic carbocycles. The molecule has 1 aromatic heterocycles. The zero-order valence-corrected chi connectivity index (χ0v) is 14.4. The SMILES string of the molecule is O=C(COC(=O)/C=C/c1nc2ccccc2o1)NCCc1ccccc1F. The van der Waals surface area contributed by atoms with Gasteiger partial charge < -0.3 is 14.5 Å². The summed E-state index contributed by atoms with van der Waals surface area (Å²) >= 11 is 0. The number of benzene rings is 2. The lowest BCUT2D eigenvalue weighted by atomic mass is 10.1. The van der Waals surface area contributed by atoms with Gasteiger partial charge in [0.05, 0.1) is 0 Å². The van der Waals surface area contributed by atoms with Gasteiger partial charge >= 0.3 is 5.97 Å². The Kier molecular flexibility index (Phi) is 5.94. The Morgan fingerprint density at radius 2 is 1.93 bits per heavy atom. The summed E-state index contributed by atoms with van der Waals surface area (Å²) in [5.74, 6) is -1.21. The van der Waals surface area contributed by atoms with Crippen LogP contribution in [0.5, 0.6) is 0 Å². The molecule has 0 aliphatic heterocycles. The minimum atomic E-state index is -0.693. The molecule has 3 rings (SSSR count). The maximum absolute atomic E-state index is 13.5. The highest BCUT2D eigenvalue weighted by molar-refractivity contribution is 5.89. The fourth-order valence-electron chi connectivity index (χ4n) is 2.37. The van der Waals surface area contributed by atoms with Gasteiger partial charge in [0.1, 0.15) is 11.3 Å². The molecule has 0 radical (unpaired) electrons. The lowest BCUT2D eigenvalue weighted by Crippen LogP contribution is -2.30. The van der Waals surface area contributed by atoms with Gasteiger partial charge in [-0.15, -0.1) is 0 Å². The van der Waals surface area contributed by atoms with E-state index in [0.717, 1.165) is 6.08 Å². The van der Waals surface area contributed by atoms with Crippen LogP contribution < -0.4 is 5.32 Å². The van der Waals surface area contributed by atoms with Crippen LogP contribution in [0.1, 0.15) is 11.5 Å². The zero-order chi connectivity index (χ0) is 19.1. The van der Waals surface area contributed by atoms with Crippen LogP contribution in [0.25, 0.3) is 17.2 Å². The number of amides is 1. The summed E-state index contributed by atoms with van der Waals surface area (Å²) in [6, 6.07) is 13.6. The fourth-order valence-corrected chi connectivity index (χ4v) is 2.37. The Hall–Kier alpha value is -3.48. The molecule has 138 valence electrons. The Labute approximate surface area is 154 Å². The molecule has 3 aromatic rings. The summed E-state index contributed by atoms with van der Waals surface area (Å²) in [7, 11) is 0. The number of para-hydroxylation sites is 2. The number of nitrogens with zero attached hydrogens (tertiary/aromatic N) is 1. The molecule has 1 heterocycles. The van der Waals surface area contributed by atoms with E-state index in [4.69, 9.17) is 9.15 Å². The molecule has 7 heteroatoms. The Morgan fingerprint density at radius 1 is 1.15 bits per heavy atom. The van der Waals surface area contributed by atoms with Crippen molar-refractivity contribution in [3.05, 3.63) is 71.9 Å². The summed E-state index contributed by atoms with van der Waals surface area (Å²) in [5.41, 5.74) is 1.80. The Balaban J connectivity index is 1.40.